The van der Waals surface area contributed by atoms with E-state index >= 15 is 0 Å². The van der Waals surface area contributed by atoms with E-state index in [4.69, 9.17) is 10.5 Å². The molecule has 0 unspecified atom stereocenters. The first-order chi connectivity index (χ1) is 11.9. The van der Waals surface area contributed by atoms with E-state index in [1.807, 2.05) is 19.1 Å². The maximum absolute atomic E-state index is 12.9. The Bertz CT molecular complexity index is 875. The van der Waals surface area contributed by atoms with Crippen molar-refractivity contribution in [3.63, 3.8) is 0 Å². The lowest BCUT2D eigenvalue weighted by Gasteiger charge is -2.16. The molecule has 2 aromatic rings. The average Bonchev–Trinajstić information content (AvgIpc) is 3.06. The molecule has 0 bridgehead atoms. The molecule has 1 aliphatic rings. The minimum atomic E-state index is -3.66. The molecule has 3 N–H and O–H groups in total. The van der Waals surface area contributed by atoms with E-state index < -0.39 is 10.0 Å². The van der Waals surface area contributed by atoms with Gasteiger partial charge in [-0.1, -0.05) is 18.9 Å². The van der Waals surface area contributed by atoms with Gasteiger partial charge in [-0.05, 0) is 49.6 Å². The third-order valence-corrected chi connectivity index (χ3v) is 6.09. The summed E-state index contributed by atoms with van der Waals surface area (Å²) >= 11 is 0. The van der Waals surface area contributed by atoms with Gasteiger partial charge in [0.1, 0.15) is 16.5 Å². The number of nitrogens with two attached hydrogens (primary N) is 1. The van der Waals surface area contributed by atoms with Crippen LogP contribution in [-0.4, -0.2) is 26.6 Å². The van der Waals surface area contributed by atoms with Gasteiger partial charge in [0.2, 0.25) is 10.0 Å². The van der Waals surface area contributed by atoms with Gasteiger partial charge >= 0.3 is 0 Å². The molecule has 1 aliphatic carbocycles. The summed E-state index contributed by atoms with van der Waals surface area (Å²) in [6.07, 6.45) is 3.87. The van der Waals surface area contributed by atoms with Crippen molar-refractivity contribution in [1.82, 2.24) is 9.71 Å². The van der Waals surface area contributed by atoms with Gasteiger partial charge < -0.3 is 10.5 Å². The molecule has 0 amide bonds. The van der Waals surface area contributed by atoms with Crippen LogP contribution in [0, 0.1) is 6.92 Å². The molecule has 1 saturated carbocycles. The molecule has 0 saturated heterocycles. The number of aryl methyl sites for hydroxylation is 1. The maximum Gasteiger partial charge on any atom is 0.244 e. The van der Waals surface area contributed by atoms with Crippen molar-refractivity contribution in [2.75, 3.05) is 12.8 Å². The summed E-state index contributed by atoms with van der Waals surface area (Å²) < 4.78 is 33.8. The molecule has 25 heavy (non-hydrogen) atoms. The van der Waals surface area contributed by atoms with Crippen molar-refractivity contribution in [3.8, 4) is 16.9 Å². The van der Waals surface area contributed by atoms with Gasteiger partial charge in [0.05, 0.1) is 7.11 Å². The first-order valence-corrected chi connectivity index (χ1v) is 9.83. The highest BCUT2D eigenvalue weighted by Crippen LogP contribution is 2.32. The summed E-state index contributed by atoms with van der Waals surface area (Å²) in [4.78, 5) is 4.40. The summed E-state index contributed by atoms with van der Waals surface area (Å²) in [5.41, 5.74) is 8.06. The molecule has 6 nitrogen and oxygen atoms in total. The number of rotatable bonds is 5. The number of anilines is 1. The Balaban J connectivity index is 2.03. The second kappa shape index (κ2) is 7.01. The highest BCUT2D eigenvalue weighted by Gasteiger charge is 2.26. The summed E-state index contributed by atoms with van der Waals surface area (Å²) in [6, 6.07) is 8.69. The van der Waals surface area contributed by atoms with Crippen LogP contribution >= 0.6 is 0 Å². The van der Waals surface area contributed by atoms with E-state index in [0.29, 0.717) is 11.6 Å². The normalized spacial score (nSPS) is 15.4. The van der Waals surface area contributed by atoms with Gasteiger partial charge in [0.15, 0.2) is 0 Å². The van der Waals surface area contributed by atoms with Gasteiger partial charge in [0, 0.05) is 17.3 Å². The van der Waals surface area contributed by atoms with E-state index in [2.05, 4.69) is 9.71 Å². The topological polar surface area (TPSA) is 94.3 Å². The molecule has 134 valence electrons. The lowest BCUT2D eigenvalue weighted by atomic mass is 10.0. The summed E-state index contributed by atoms with van der Waals surface area (Å²) in [5.74, 6) is 0.765. The van der Waals surface area contributed by atoms with E-state index in [1.165, 1.54) is 7.11 Å². The van der Waals surface area contributed by atoms with Crippen LogP contribution < -0.4 is 15.2 Å². The molecule has 3 rings (SSSR count). The first-order valence-electron chi connectivity index (χ1n) is 8.34. The van der Waals surface area contributed by atoms with E-state index in [9.17, 15) is 8.42 Å². The number of benzene rings is 1. The molecule has 0 radical (unpaired) electrons. The maximum atomic E-state index is 12.9. The molecular formula is C18H23N3O3S. The number of hydrogen-bond acceptors (Lipinski definition) is 5. The van der Waals surface area contributed by atoms with Crippen LogP contribution in [-0.2, 0) is 10.0 Å². The number of hydrogen-bond donors (Lipinski definition) is 2. The highest BCUT2D eigenvalue weighted by atomic mass is 32.2. The van der Waals surface area contributed by atoms with Crippen LogP contribution in [0.3, 0.4) is 0 Å². The van der Waals surface area contributed by atoms with Crippen LogP contribution in [0.1, 0.15) is 31.4 Å². The number of aromatic nitrogens is 1. The minimum absolute atomic E-state index is 0.00158. The fourth-order valence-corrected chi connectivity index (χ4v) is 4.77. The Morgan fingerprint density at radius 1 is 1.20 bits per heavy atom. The average molecular weight is 361 g/mol. The van der Waals surface area contributed by atoms with Crippen molar-refractivity contribution >= 4 is 15.8 Å². The Morgan fingerprint density at radius 3 is 2.56 bits per heavy atom. The zero-order valence-electron chi connectivity index (χ0n) is 14.5. The minimum Gasteiger partial charge on any atom is -0.495 e. The predicted octanol–water partition coefficient (Wildman–Crippen LogP) is 2.87. The smallest absolute Gasteiger partial charge is 0.244 e. The van der Waals surface area contributed by atoms with Gasteiger partial charge in [-0.2, -0.15) is 0 Å². The zero-order valence-corrected chi connectivity index (χ0v) is 15.3. The number of nitrogens with zero attached hydrogens (tertiary/aromatic N) is 1. The standard InChI is InChI=1S/C18H23N3O3S/c1-12-15(8-10-18(19)20-12)13-7-9-16(24-2)17(11-13)25(22,23)21-14-5-3-4-6-14/h7-11,14,21H,3-6H2,1-2H3,(H2,19,20). The molecule has 1 heterocycles. The third kappa shape index (κ3) is 3.77. The molecule has 1 aromatic carbocycles. The van der Waals surface area contributed by atoms with Gasteiger partial charge in [-0.3, -0.25) is 0 Å². The third-order valence-electron chi connectivity index (χ3n) is 4.55. The molecular weight excluding hydrogens is 338 g/mol. The summed E-state index contributed by atoms with van der Waals surface area (Å²) in [5, 5.41) is 0. The molecule has 7 heteroatoms. The lowest BCUT2D eigenvalue weighted by molar-refractivity contribution is 0.402. The quantitative estimate of drug-likeness (QED) is 0.854. The molecule has 0 atom stereocenters. The lowest BCUT2D eigenvalue weighted by Crippen LogP contribution is -2.32. The van der Waals surface area contributed by atoms with Crippen LogP contribution in [0.5, 0.6) is 5.75 Å². The number of methoxy groups -OCH3 is 1. The van der Waals surface area contributed by atoms with Crippen molar-refractivity contribution < 1.29 is 13.2 Å². The molecule has 1 aromatic heterocycles. The SMILES string of the molecule is COc1ccc(-c2ccc(N)nc2C)cc1S(=O)(=O)NC1CCCC1. The number of sulfonamides is 1. The molecule has 1 fully saturated rings. The van der Waals surface area contributed by atoms with E-state index in [0.717, 1.165) is 42.5 Å². The first kappa shape index (κ1) is 17.7. The second-order valence-corrected chi connectivity index (χ2v) is 8.02. The second-order valence-electron chi connectivity index (χ2n) is 6.34. The molecule has 0 spiro atoms. The fourth-order valence-electron chi connectivity index (χ4n) is 3.27. The highest BCUT2D eigenvalue weighted by molar-refractivity contribution is 7.89. The Labute approximate surface area is 148 Å². The summed E-state index contributed by atoms with van der Waals surface area (Å²) in [6.45, 7) is 1.85. The monoisotopic (exact) mass is 361 g/mol. The van der Waals surface area contributed by atoms with Crippen LogP contribution in [0.15, 0.2) is 35.2 Å². The van der Waals surface area contributed by atoms with Crippen LogP contribution in [0.2, 0.25) is 0 Å². The predicted molar refractivity (Wildman–Crippen MR) is 98.0 cm³/mol. The van der Waals surface area contributed by atoms with Crippen LogP contribution in [0.4, 0.5) is 5.82 Å². The van der Waals surface area contributed by atoms with E-state index in [-0.39, 0.29) is 10.9 Å². The number of pyridine rings is 1. The Morgan fingerprint density at radius 2 is 1.92 bits per heavy atom. The Kier molecular flexibility index (Phi) is 4.96. The van der Waals surface area contributed by atoms with Crippen molar-refractivity contribution in [2.24, 2.45) is 0 Å². The van der Waals surface area contributed by atoms with Crippen LogP contribution in [0.25, 0.3) is 11.1 Å². The van der Waals surface area contributed by atoms with Gasteiger partial charge in [-0.25, -0.2) is 18.1 Å². The Hall–Kier alpha value is -2.12. The van der Waals surface area contributed by atoms with Crippen molar-refractivity contribution in [3.05, 3.63) is 36.0 Å². The number of nitrogens with one attached hydrogen (secondary N) is 1. The number of nitrogen functional groups attached to an aromatic ring is 1. The van der Waals surface area contributed by atoms with Gasteiger partial charge in [0.25, 0.3) is 0 Å². The summed E-state index contributed by atoms with van der Waals surface area (Å²) in [7, 11) is -2.19. The van der Waals surface area contributed by atoms with E-state index in [1.54, 1.807) is 18.2 Å². The largest absolute Gasteiger partial charge is 0.495 e. The van der Waals surface area contributed by atoms with Crippen molar-refractivity contribution in [2.45, 2.75) is 43.5 Å². The van der Waals surface area contributed by atoms with Crippen molar-refractivity contribution in [1.29, 1.82) is 0 Å². The number of ether oxygens (including phenoxy) is 1. The van der Waals surface area contributed by atoms with Gasteiger partial charge in [-0.15, -0.1) is 0 Å². The zero-order chi connectivity index (χ0) is 18.0. The fraction of sp³-hybridized carbons (Fsp3) is 0.389. The molecule has 0 aliphatic heterocycles.